The minimum Gasteiger partial charge on any atom is -0.338 e. The molecule has 0 aliphatic carbocycles. The molecule has 0 spiro atoms. The van der Waals surface area contributed by atoms with E-state index in [4.69, 9.17) is 0 Å². The highest BCUT2D eigenvalue weighted by Gasteiger charge is 2.29. The average molecular weight is 303 g/mol. The maximum atomic E-state index is 12.5. The van der Waals surface area contributed by atoms with Crippen molar-refractivity contribution in [2.75, 3.05) is 20.1 Å². The van der Waals surface area contributed by atoms with Crippen molar-refractivity contribution in [3.63, 3.8) is 0 Å². The molecular weight excluding hydrogens is 282 g/mol. The lowest BCUT2D eigenvalue weighted by molar-refractivity contribution is -0.130. The fourth-order valence-electron chi connectivity index (χ4n) is 3.00. The topological polar surface area (TPSA) is 70.8 Å². The number of rotatable bonds is 3. The van der Waals surface area contributed by atoms with Crippen LogP contribution in [0.25, 0.3) is 0 Å². The van der Waals surface area contributed by atoms with Crippen LogP contribution in [-0.2, 0) is 16.1 Å². The number of carbonyl (C=O) groups is 2. The minimum atomic E-state index is -0.0329. The summed E-state index contributed by atoms with van der Waals surface area (Å²) >= 11 is 0. The van der Waals surface area contributed by atoms with Crippen LogP contribution in [0.2, 0.25) is 0 Å². The first kappa shape index (κ1) is 14.7. The van der Waals surface area contributed by atoms with Gasteiger partial charge in [0.1, 0.15) is 5.71 Å². The van der Waals surface area contributed by atoms with Crippen LogP contribution >= 0.6 is 0 Å². The molecule has 0 N–H and O–H groups in total. The summed E-state index contributed by atoms with van der Waals surface area (Å²) in [5, 5.41) is 9.63. The standard InChI is InChI=1S/C15H21N5O2/c1-18-14(21)4-3-13(17-18)15(22)19-9-5-12(6-10-19)11-20-8-2-7-16-20/h2,7-8,12H,3-6,9-11H2,1H3. The SMILES string of the molecule is CN1N=C(C(=O)N2CCC(Cn3cccn3)CC2)CCC1=O. The lowest BCUT2D eigenvalue weighted by Crippen LogP contribution is -2.44. The van der Waals surface area contributed by atoms with Gasteiger partial charge >= 0.3 is 0 Å². The van der Waals surface area contributed by atoms with Crippen molar-refractivity contribution in [1.29, 1.82) is 0 Å². The molecule has 1 aromatic rings. The highest BCUT2D eigenvalue weighted by Crippen LogP contribution is 2.20. The van der Waals surface area contributed by atoms with Crippen molar-refractivity contribution in [3.05, 3.63) is 18.5 Å². The van der Waals surface area contributed by atoms with Gasteiger partial charge in [-0.2, -0.15) is 10.2 Å². The Morgan fingerprint density at radius 2 is 2.09 bits per heavy atom. The molecule has 3 rings (SSSR count). The van der Waals surface area contributed by atoms with E-state index in [2.05, 4.69) is 10.2 Å². The van der Waals surface area contributed by atoms with Crippen LogP contribution in [-0.4, -0.2) is 57.4 Å². The van der Waals surface area contributed by atoms with E-state index in [9.17, 15) is 9.59 Å². The van der Waals surface area contributed by atoms with Gasteiger partial charge in [0.2, 0.25) is 5.91 Å². The van der Waals surface area contributed by atoms with Crippen molar-refractivity contribution < 1.29 is 9.59 Å². The molecule has 7 heteroatoms. The number of nitrogens with zero attached hydrogens (tertiary/aromatic N) is 5. The summed E-state index contributed by atoms with van der Waals surface area (Å²) in [7, 11) is 1.60. The second-order valence-electron chi connectivity index (χ2n) is 5.93. The molecule has 3 heterocycles. The predicted octanol–water partition coefficient (Wildman–Crippen LogP) is 0.730. The van der Waals surface area contributed by atoms with E-state index in [0.717, 1.165) is 32.5 Å². The van der Waals surface area contributed by atoms with E-state index in [1.165, 1.54) is 5.01 Å². The van der Waals surface area contributed by atoms with Gasteiger partial charge in [0.05, 0.1) is 0 Å². The van der Waals surface area contributed by atoms with E-state index in [-0.39, 0.29) is 11.8 Å². The lowest BCUT2D eigenvalue weighted by atomic mass is 9.96. The van der Waals surface area contributed by atoms with E-state index >= 15 is 0 Å². The summed E-state index contributed by atoms with van der Waals surface area (Å²) in [5.41, 5.74) is 0.507. The molecule has 118 valence electrons. The van der Waals surface area contributed by atoms with Crippen LogP contribution in [0.5, 0.6) is 0 Å². The summed E-state index contributed by atoms with van der Waals surface area (Å²) in [6.45, 7) is 2.41. The first-order chi connectivity index (χ1) is 10.6. The maximum Gasteiger partial charge on any atom is 0.270 e. The second-order valence-corrected chi connectivity index (χ2v) is 5.93. The highest BCUT2D eigenvalue weighted by molar-refractivity contribution is 6.39. The van der Waals surface area contributed by atoms with Gasteiger partial charge in [-0.3, -0.25) is 14.3 Å². The quantitative estimate of drug-likeness (QED) is 0.826. The lowest BCUT2D eigenvalue weighted by Gasteiger charge is -2.33. The van der Waals surface area contributed by atoms with E-state index in [1.54, 1.807) is 13.2 Å². The summed E-state index contributed by atoms with van der Waals surface area (Å²) in [6.07, 6.45) is 6.55. The summed E-state index contributed by atoms with van der Waals surface area (Å²) in [5.74, 6) is 0.507. The van der Waals surface area contributed by atoms with Gasteiger partial charge in [-0.15, -0.1) is 0 Å². The second kappa shape index (κ2) is 6.29. The summed E-state index contributed by atoms with van der Waals surface area (Å²) in [4.78, 5) is 25.8. The third kappa shape index (κ3) is 3.18. The number of amides is 2. The Morgan fingerprint density at radius 3 is 2.73 bits per heavy atom. The fraction of sp³-hybridized carbons (Fsp3) is 0.600. The molecule has 0 aromatic carbocycles. The molecule has 2 amide bonds. The molecule has 22 heavy (non-hydrogen) atoms. The van der Waals surface area contributed by atoms with Gasteiger partial charge in [-0.1, -0.05) is 0 Å². The molecule has 0 unspecified atom stereocenters. The average Bonchev–Trinajstić information content (AvgIpc) is 3.03. The molecule has 2 aliphatic rings. The zero-order valence-electron chi connectivity index (χ0n) is 12.8. The van der Waals surface area contributed by atoms with E-state index in [1.807, 2.05) is 21.8 Å². The van der Waals surface area contributed by atoms with Gasteiger partial charge in [0.15, 0.2) is 0 Å². The Kier molecular flexibility index (Phi) is 4.22. The molecule has 0 atom stereocenters. The molecule has 1 fully saturated rings. The van der Waals surface area contributed by atoms with Crippen LogP contribution < -0.4 is 0 Å². The van der Waals surface area contributed by atoms with Crippen molar-refractivity contribution in [3.8, 4) is 0 Å². The van der Waals surface area contributed by atoms with E-state index in [0.29, 0.717) is 24.5 Å². The van der Waals surface area contributed by atoms with Crippen molar-refractivity contribution in [2.24, 2.45) is 11.0 Å². The van der Waals surface area contributed by atoms with E-state index < -0.39 is 0 Å². The zero-order valence-corrected chi connectivity index (χ0v) is 12.8. The summed E-state index contributed by atoms with van der Waals surface area (Å²) < 4.78 is 1.95. The number of piperidine rings is 1. The summed E-state index contributed by atoms with van der Waals surface area (Å²) in [6, 6.07) is 1.93. The van der Waals surface area contributed by atoms with Crippen LogP contribution in [0.3, 0.4) is 0 Å². The number of likely N-dealkylation sites (tertiary alicyclic amines) is 1. The highest BCUT2D eigenvalue weighted by atomic mass is 16.2. The largest absolute Gasteiger partial charge is 0.338 e. The molecule has 0 bridgehead atoms. The smallest absolute Gasteiger partial charge is 0.270 e. The maximum absolute atomic E-state index is 12.5. The monoisotopic (exact) mass is 303 g/mol. The number of aromatic nitrogens is 2. The molecule has 1 aromatic heterocycles. The van der Waals surface area contributed by atoms with Gasteiger partial charge < -0.3 is 4.90 Å². The van der Waals surface area contributed by atoms with Gasteiger partial charge in [-0.25, -0.2) is 5.01 Å². The van der Waals surface area contributed by atoms with Gasteiger partial charge in [0.25, 0.3) is 5.91 Å². The Bertz CT molecular complexity index is 573. The third-order valence-corrected chi connectivity index (χ3v) is 4.36. The van der Waals surface area contributed by atoms with Crippen molar-refractivity contribution >= 4 is 17.5 Å². The minimum absolute atomic E-state index is 0.0168. The van der Waals surface area contributed by atoms with Gasteiger partial charge in [-0.05, 0) is 24.8 Å². The number of hydrogen-bond acceptors (Lipinski definition) is 4. The Morgan fingerprint density at radius 1 is 1.32 bits per heavy atom. The Hall–Kier alpha value is -2.18. The first-order valence-electron chi connectivity index (χ1n) is 7.74. The first-order valence-corrected chi connectivity index (χ1v) is 7.74. The van der Waals surface area contributed by atoms with Crippen LogP contribution in [0.1, 0.15) is 25.7 Å². The molecule has 0 radical (unpaired) electrons. The number of hydrogen-bond donors (Lipinski definition) is 0. The Labute approximate surface area is 129 Å². The van der Waals surface area contributed by atoms with Gasteiger partial charge in [0, 0.05) is 51.9 Å². The molecule has 1 saturated heterocycles. The normalized spacial score (nSPS) is 20.2. The molecular formula is C15H21N5O2. The predicted molar refractivity (Wildman–Crippen MR) is 81.0 cm³/mol. The third-order valence-electron chi connectivity index (χ3n) is 4.36. The molecule has 7 nitrogen and oxygen atoms in total. The molecule has 0 saturated carbocycles. The zero-order chi connectivity index (χ0) is 15.5. The number of carbonyl (C=O) groups excluding carboxylic acids is 2. The van der Waals surface area contributed by atoms with Crippen LogP contribution in [0.4, 0.5) is 0 Å². The number of hydrazone groups is 1. The molecule has 2 aliphatic heterocycles. The van der Waals surface area contributed by atoms with Crippen molar-refractivity contribution in [2.45, 2.75) is 32.2 Å². The Balaban J connectivity index is 1.54. The van der Waals surface area contributed by atoms with Crippen molar-refractivity contribution in [1.82, 2.24) is 19.7 Å². The van der Waals surface area contributed by atoms with Crippen LogP contribution in [0.15, 0.2) is 23.6 Å². The van der Waals surface area contributed by atoms with Crippen LogP contribution in [0, 0.1) is 5.92 Å². The fourth-order valence-corrected chi connectivity index (χ4v) is 3.00.